The van der Waals surface area contributed by atoms with Gasteiger partial charge < -0.3 is 15.0 Å². The van der Waals surface area contributed by atoms with Gasteiger partial charge in [0.2, 0.25) is 0 Å². The van der Waals surface area contributed by atoms with Crippen LogP contribution in [0.3, 0.4) is 0 Å². The van der Waals surface area contributed by atoms with E-state index in [1.165, 1.54) is 17.4 Å². The number of nitrogens with one attached hydrogen (secondary N) is 1. The number of aromatic nitrogens is 1. The third kappa shape index (κ3) is 4.94. The number of rotatable bonds is 6. The summed E-state index contributed by atoms with van der Waals surface area (Å²) in [5.74, 6) is -0.787. The van der Waals surface area contributed by atoms with Gasteiger partial charge in [0.25, 0.3) is 11.8 Å². The van der Waals surface area contributed by atoms with E-state index < -0.39 is 17.6 Å². The average molecular weight is 530 g/mol. The standard InChI is InChI=1S/C27H26F3N3O3S/c1-14-5-4-6-16(9-14)24-23(32-15(2)37-24)26(35)33-19(10-18-12-21(18)33)13-31-25(34)17-7-8-22(36-3)20(11-17)27(28,29)30/h4-9,11,18-19,21H,10,12-13H2,1-3H3,(H,31,34)/t18-,19+,21+/m1/s1. The molecule has 1 aromatic heterocycles. The smallest absolute Gasteiger partial charge is 0.419 e. The molecule has 0 bridgehead atoms. The Hall–Kier alpha value is -3.40. The van der Waals surface area contributed by atoms with Crippen molar-refractivity contribution in [2.24, 2.45) is 5.92 Å². The van der Waals surface area contributed by atoms with E-state index >= 15 is 0 Å². The van der Waals surface area contributed by atoms with E-state index in [1.807, 2.05) is 43.0 Å². The van der Waals surface area contributed by atoms with Gasteiger partial charge in [0, 0.05) is 18.2 Å². The van der Waals surface area contributed by atoms with Crippen LogP contribution in [-0.2, 0) is 6.18 Å². The first-order valence-electron chi connectivity index (χ1n) is 12.0. The molecule has 194 valence electrons. The third-order valence-corrected chi connectivity index (χ3v) is 7.95. The van der Waals surface area contributed by atoms with Gasteiger partial charge in [-0.2, -0.15) is 13.2 Å². The molecule has 10 heteroatoms. The first-order valence-corrected chi connectivity index (χ1v) is 12.8. The van der Waals surface area contributed by atoms with E-state index in [0.717, 1.165) is 53.1 Å². The fourth-order valence-corrected chi connectivity index (χ4v) is 6.02. The van der Waals surface area contributed by atoms with E-state index in [9.17, 15) is 22.8 Å². The fourth-order valence-electron chi connectivity index (χ4n) is 5.12. The lowest BCUT2D eigenvalue weighted by Crippen LogP contribution is -2.45. The average Bonchev–Trinajstić information content (AvgIpc) is 3.34. The molecule has 1 aliphatic carbocycles. The molecule has 2 fully saturated rings. The van der Waals surface area contributed by atoms with Crippen LogP contribution in [0.1, 0.15) is 49.8 Å². The fraction of sp³-hybridized carbons (Fsp3) is 0.370. The van der Waals surface area contributed by atoms with Gasteiger partial charge in [-0.05, 0) is 56.4 Å². The minimum Gasteiger partial charge on any atom is -0.496 e. The first kappa shape index (κ1) is 25.3. The van der Waals surface area contributed by atoms with Gasteiger partial charge in [0.15, 0.2) is 0 Å². The second-order valence-electron chi connectivity index (χ2n) is 9.57. The van der Waals surface area contributed by atoms with Crippen LogP contribution in [-0.4, -0.2) is 47.4 Å². The molecule has 1 aliphatic heterocycles. The van der Waals surface area contributed by atoms with Crippen LogP contribution in [0.5, 0.6) is 5.75 Å². The zero-order chi connectivity index (χ0) is 26.5. The molecule has 2 aliphatic rings. The number of thiazole rings is 1. The van der Waals surface area contributed by atoms with Gasteiger partial charge in [-0.3, -0.25) is 9.59 Å². The number of hydrogen-bond acceptors (Lipinski definition) is 5. The molecule has 1 N–H and O–H groups in total. The van der Waals surface area contributed by atoms with Crippen LogP contribution in [0, 0.1) is 19.8 Å². The molecular formula is C27H26F3N3O3S. The molecule has 2 aromatic carbocycles. The molecule has 1 saturated carbocycles. The number of ether oxygens (including phenoxy) is 1. The monoisotopic (exact) mass is 529 g/mol. The summed E-state index contributed by atoms with van der Waals surface area (Å²) < 4.78 is 44.9. The summed E-state index contributed by atoms with van der Waals surface area (Å²) in [4.78, 5) is 33.7. The summed E-state index contributed by atoms with van der Waals surface area (Å²) in [6.07, 6.45) is -3.01. The van der Waals surface area contributed by atoms with E-state index in [-0.39, 0.29) is 35.8 Å². The minimum absolute atomic E-state index is 0.0968. The number of nitrogens with zero attached hydrogens (tertiary/aromatic N) is 2. The summed E-state index contributed by atoms with van der Waals surface area (Å²) in [6.45, 7) is 4.01. The topological polar surface area (TPSA) is 71.5 Å². The summed E-state index contributed by atoms with van der Waals surface area (Å²) in [7, 11) is 1.15. The number of amides is 2. The molecule has 5 rings (SSSR count). The number of aryl methyl sites for hydroxylation is 2. The van der Waals surface area contributed by atoms with Crippen molar-refractivity contribution in [2.75, 3.05) is 13.7 Å². The normalized spacial score (nSPS) is 20.5. The van der Waals surface area contributed by atoms with E-state index in [2.05, 4.69) is 10.3 Å². The van der Waals surface area contributed by atoms with E-state index in [4.69, 9.17) is 4.74 Å². The summed E-state index contributed by atoms with van der Waals surface area (Å²) in [5.41, 5.74) is 1.29. The van der Waals surface area contributed by atoms with Crippen molar-refractivity contribution in [1.82, 2.24) is 15.2 Å². The Labute approximate surface area is 216 Å². The molecular weight excluding hydrogens is 503 g/mol. The Kier molecular flexibility index (Phi) is 6.47. The lowest BCUT2D eigenvalue weighted by atomic mass is 10.1. The number of piperidine rings is 1. The summed E-state index contributed by atoms with van der Waals surface area (Å²) in [6, 6.07) is 11.0. The quantitative estimate of drug-likeness (QED) is 0.459. The maximum absolute atomic E-state index is 13.7. The van der Waals surface area contributed by atoms with Gasteiger partial charge >= 0.3 is 6.18 Å². The number of hydrogen-bond donors (Lipinski definition) is 1. The number of methoxy groups -OCH3 is 1. The highest BCUT2D eigenvalue weighted by Crippen LogP contribution is 2.49. The number of alkyl halides is 3. The van der Waals surface area contributed by atoms with Crippen molar-refractivity contribution < 1.29 is 27.5 Å². The molecule has 3 aromatic rings. The van der Waals surface area contributed by atoms with Crippen molar-refractivity contribution in [1.29, 1.82) is 0 Å². The lowest BCUT2D eigenvalue weighted by Gasteiger charge is -2.27. The number of carbonyl (C=O) groups is 2. The van der Waals surface area contributed by atoms with Gasteiger partial charge in [0.05, 0.1) is 28.6 Å². The minimum atomic E-state index is -4.65. The Morgan fingerprint density at radius 1 is 1.16 bits per heavy atom. The highest BCUT2D eigenvalue weighted by Gasteiger charge is 2.54. The third-order valence-electron chi connectivity index (χ3n) is 6.93. The van der Waals surface area contributed by atoms with Crippen molar-refractivity contribution in [3.63, 3.8) is 0 Å². The first-order chi connectivity index (χ1) is 17.6. The molecule has 2 heterocycles. The van der Waals surface area contributed by atoms with Crippen molar-refractivity contribution in [3.8, 4) is 16.2 Å². The molecule has 2 amide bonds. The number of fused-ring (bicyclic) bond motifs is 1. The Balaban J connectivity index is 1.34. The number of benzene rings is 2. The molecule has 37 heavy (non-hydrogen) atoms. The van der Waals surface area contributed by atoms with Gasteiger partial charge in [-0.1, -0.05) is 29.8 Å². The largest absolute Gasteiger partial charge is 0.496 e. The van der Waals surface area contributed by atoms with E-state index in [0.29, 0.717) is 11.6 Å². The van der Waals surface area contributed by atoms with Crippen LogP contribution in [0.2, 0.25) is 0 Å². The highest BCUT2D eigenvalue weighted by atomic mass is 32.1. The number of carbonyl (C=O) groups excluding carboxylic acids is 2. The van der Waals surface area contributed by atoms with Crippen molar-refractivity contribution in [2.45, 2.75) is 44.9 Å². The predicted molar refractivity (Wildman–Crippen MR) is 134 cm³/mol. The van der Waals surface area contributed by atoms with Crippen LogP contribution in [0.4, 0.5) is 13.2 Å². The molecule has 1 saturated heterocycles. The molecule has 0 unspecified atom stereocenters. The van der Waals surface area contributed by atoms with Crippen molar-refractivity contribution >= 4 is 23.2 Å². The van der Waals surface area contributed by atoms with Crippen LogP contribution < -0.4 is 10.1 Å². The second-order valence-corrected chi connectivity index (χ2v) is 10.8. The van der Waals surface area contributed by atoms with Crippen molar-refractivity contribution in [3.05, 3.63) is 69.9 Å². The predicted octanol–water partition coefficient (Wildman–Crippen LogP) is 5.49. The molecule has 0 spiro atoms. The summed E-state index contributed by atoms with van der Waals surface area (Å²) in [5, 5.41) is 3.52. The number of halogens is 3. The zero-order valence-corrected chi connectivity index (χ0v) is 21.4. The Morgan fingerprint density at radius 2 is 1.95 bits per heavy atom. The van der Waals surface area contributed by atoms with E-state index in [1.54, 1.807) is 0 Å². The molecule has 6 nitrogen and oxygen atoms in total. The lowest BCUT2D eigenvalue weighted by molar-refractivity contribution is -0.138. The van der Waals surface area contributed by atoms with Gasteiger partial charge in [0.1, 0.15) is 11.4 Å². The highest BCUT2D eigenvalue weighted by molar-refractivity contribution is 7.15. The molecule has 3 atom stereocenters. The Morgan fingerprint density at radius 3 is 2.65 bits per heavy atom. The Bertz CT molecular complexity index is 1370. The van der Waals surface area contributed by atoms with Gasteiger partial charge in [-0.25, -0.2) is 4.98 Å². The van der Waals surface area contributed by atoms with Crippen LogP contribution >= 0.6 is 11.3 Å². The van der Waals surface area contributed by atoms with Gasteiger partial charge in [-0.15, -0.1) is 11.3 Å². The zero-order valence-electron chi connectivity index (χ0n) is 20.6. The maximum Gasteiger partial charge on any atom is 0.419 e. The number of likely N-dealkylation sites (tertiary alicyclic amines) is 1. The maximum atomic E-state index is 13.7. The SMILES string of the molecule is COc1ccc(C(=O)NC[C@@H]2C[C@@H]3C[C@@H]3N2C(=O)c2nc(C)sc2-c2cccc(C)c2)cc1C(F)(F)F. The van der Waals surface area contributed by atoms with Crippen LogP contribution in [0.15, 0.2) is 42.5 Å². The molecule has 0 radical (unpaired) electrons. The van der Waals surface area contributed by atoms with Crippen LogP contribution in [0.25, 0.3) is 10.4 Å². The summed E-state index contributed by atoms with van der Waals surface area (Å²) >= 11 is 1.47. The second kappa shape index (κ2) is 9.48.